The number of carbonyl (C=O) groups excluding carboxylic acids is 1. The number of benzene rings is 2. The van der Waals surface area contributed by atoms with Crippen LogP contribution in [-0.2, 0) is 22.8 Å². The topological polar surface area (TPSA) is 59.8 Å². The van der Waals surface area contributed by atoms with E-state index in [-0.39, 0.29) is 17.5 Å². The van der Waals surface area contributed by atoms with Crippen molar-refractivity contribution in [1.82, 2.24) is 14.8 Å². The van der Waals surface area contributed by atoms with Gasteiger partial charge < -0.3 is 9.88 Å². The van der Waals surface area contributed by atoms with Crippen LogP contribution in [0.1, 0.15) is 11.4 Å². The minimum Gasteiger partial charge on any atom is -0.325 e. The zero-order chi connectivity index (χ0) is 21.3. The van der Waals surface area contributed by atoms with Gasteiger partial charge in [0.2, 0.25) is 5.91 Å². The molecule has 1 heterocycles. The van der Waals surface area contributed by atoms with Gasteiger partial charge in [0.05, 0.1) is 11.5 Å². The molecule has 3 aromatic rings. The van der Waals surface area contributed by atoms with E-state index in [0.717, 1.165) is 17.1 Å². The lowest BCUT2D eigenvalue weighted by Crippen LogP contribution is -2.14. The highest BCUT2D eigenvalue weighted by molar-refractivity contribution is 7.99. The molecule has 0 bridgehead atoms. The summed E-state index contributed by atoms with van der Waals surface area (Å²) >= 11 is 8.92. The molecule has 0 atom stereocenters. The highest BCUT2D eigenvalue weighted by atomic mass is 35.5. The number of amides is 1. The standard InChI is InChI=1S/C21H20ClFN4OS2/c1-2-10-27-19(13-29-12-15-6-8-17(23)9-7-15)25-26-21(27)30-14-20(28)24-18-5-3-4-16(22)11-18/h2-9,11H,1,10,12-14H2,(H,24,28). The van der Waals surface area contributed by atoms with E-state index in [1.807, 2.05) is 4.57 Å². The van der Waals surface area contributed by atoms with Crippen LogP contribution in [0.2, 0.25) is 5.02 Å². The molecule has 5 nitrogen and oxygen atoms in total. The Bertz CT molecular complexity index is 1010. The van der Waals surface area contributed by atoms with Crippen molar-refractivity contribution in [3.05, 3.63) is 83.4 Å². The van der Waals surface area contributed by atoms with Crippen LogP contribution >= 0.6 is 35.1 Å². The van der Waals surface area contributed by atoms with Crippen molar-refractivity contribution in [3.8, 4) is 0 Å². The Labute approximate surface area is 188 Å². The Hall–Kier alpha value is -2.29. The summed E-state index contributed by atoms with van der Waals surface area (Å²) in [5.74, 6) is 2.00. The molecule has 1 aromatic heterocycles. The Morgan fingerprint density at radius 1 is 1.20 bits per heavy atom. The van der Waals surface area contributed by atoms with Gasteiger partial charge in [0, 0.05) is 23.0 Å². The minimum atomic E-state index is -0.240. The van der Waals surface area contributed by atoms with E-state index in [1.54, 1.807) is 54.2 Å². The quantitative estimate of drug-likeness (QED) is 0.322. The van der Waals surface area contributed by atoms with Crippen molar-refractivity contribution >= 4 is 46.7 Å². The van der Waals surface area contributed by atoms with E-state index in [1.165, 1.54) is 23.9 Å². The van der Waals surface area contributed by atoms with E-state index >= 15 is 0 Å². The summed E-state index contributed by atoms with van der Waals surface area (Å²) in [5.41, 5.74) is 1.70. The van der Waals surface area contributed by atoms with Gasteiger partial charge in [-0.15, -0.1) is 28.5 Å². The molecule has 9 heteroatoms. The maximum absolute atomic E-state index is 13.0. The molecule has 0 saturated heterocycles. The predicted molar refractivity (Wildman–Crippen MR) is 122 cm³/mol. The van der Waals surface area contributed by atoms with Crippen molar-refractivity contribution in [2.75, 3.05) is 11.1 Å². The Morgan fingerprint density at radius 3 is 2.73 bits per heavy atom. The lowest BCUT2D eigenvalue weighted by Gasteiger charge is -2.08. The van der Waals surface area contributed by atoms with Crippen LogP contribution in [0.15, 0.2) is 66.3 Å². The fraction of sp³-hybridized carbons (Fsp3) is 0.190. The van der Waals surface area contributed by atoms with Crippen molar-refractivity contribution in [2.24, 2.45) is 0 Å². The lowest BCUT2D eigenvalue weighted by molar-refractivity contribution is -0.113. The normalized spacial score (nSPS) is 10.7. The molecular formula is C21H20ClFN4OS2. The number of aromatic nitrogens is 3. The maximum Gasteiger partial charge on any atom is 0.234 e. The number of anilines is 1. The molecule has 0 aliphatic heterocycles. The van der Waals surface area contributed by atoms with Gasteiger partial charge in [-0.3, -0.25) is 4.79 Å². The third-order valence-corrected chi connectivity index (χ3v) is 6.16. The van der Waals surface area contributed by atoms with Crippen LogP contribution in [0.25, 0.3) is 0 Å². The average Bonchev–Trinajstić information content (AvgIpc) is 3.10. The van der Waals surface area contributed by atoms with Crippen molar-refractivity contribution in [1.29, 1.82) is 0 Å². The van der Waals surface area contributed by atoms with E-state index in [9.17, 15) is 9.18 Å². The number of hydrogen-bond acceptors (Lipinski definition) is 5. The Kier molecular flexibility index (Phi) is 8.36. The van der Waals surface area contributed by atoms with Gasteiger partial charge in [-0.1, -0.05) is 47.6 Å². The molecule has 3 rings (SSSR count). The third kappa shape index (κ3) is 6.62. The molecule has 1 N–H and O–H groups in total. The van der Waals surface area contributed by atoms with E-state index < -0.39 is 0 Å². The second kappa shape index (κ2) is 11.2. The van der Waals surface area contributed by atoms with Crippen LogP contribution in [0.5, 0.6) is 0 Å². The summed E-state index contributed by atoms with van der Waals surface area (Å²) in [7, 11) is 0. The number of nitrogens with zero attached hydrogens (tertiary/aromatic N) is 3. The second-order valence-electron chi connectivity index (χ2n) is 6.26. The molecule has 1 amide bonds. The van der Waals surface area contributed by atoms with Crippen LogP contribution < -0.4 is 5.32 Å². The molecule has 0 fully saturated rings. The van der Waals surface area contributed by atoms with Gasteiger partial charge in [0.25, 0.3) is 0 Å². The molecule has 30 heavy (non-hydrogen) atoms. The average molecular weight is 463 g/mol. The van der Waals surface area contributed by atoms with E-state index in [4.69, 9.17) is 11.6 Å². The van der Waals surface area contributed by atoms with Gasteiger partial charge in [0.1, 0.15) is 11.6 Å². The summed E-state index contributed by atoms with van der Waals surface area (Å²) in [5, 5.41) is 12.5. The van der Waals surface area contributed by atoms with Gasteiger partial charge >= 0.3 is 0 Å². The van der Waals surface area contributed by atoms with E-state index in [2.05, 4.69) is 22.1 Å². The molecular weight excluding hydrogens is 443 g/mol. The number of allylic oxidation sites excluding steroid dienone is 1. The number of carbonyl (C=O) groups is 1. The molecule has 0 aliphatic rings. The highest BCUT2D eigenvalue weighted by Gasteiger charge is 2.14. The van der Waals surface area contributed by atoms with Crippen LogP contribution in [0, 0.1) is 5.82 Å². The minimum absolute atomic E-state index is 0.150. The third-order valence-electron chi connectivity index (χ3n) is 3.96. The molecule has 0 spiro atoms. The zero-order valence-electron chi connectivity index (χ0n) is 16.1. The second-order valence-corrected chi connectivity index (χ2v) is 8.63. The molecule has 0 saturated carbocycles. The SMILES string of the molecule is C=CCn1c(CSCc2ccc(F)cc2)nnc1SCC(=O)Nc1cccc(Cl)c1. The summed E-state index contributed by atoms with van der Waals surface area (Å²) in [6, 6.07) is 13.5. The number of thioether (sulfide) groups is 2. The van der Waals surface area contributed by atoms with Crippen molar-refractivity contribution < 1.29 is 9.18 Å². The van der Waals surface area contributed by atoms with Crippen molar-refractivity contribution in [3.63, 3.8) is 0 Å². The first-order chi connectivity index (χ1) is 14.5. The highest BCUT2D eigenvalue weighted by Crippen LogP contribution is 2.23. The first-order valence-electron chi connectivity index (χ1n) is 9.08. The summed E-state index contributed by atoms with van der Waals surface area (Å²) in [6.45, 7) is 4.35. The van der Waals surface area contributed by atoms with Crippen LogP contribution in [0.4, 0.5) is 10.1 Å². The largest absolute Gasteiger partial charge is 0.325 e. The zero-order valence-corrected chi connectivity index (χ0v) is 18.4. The van der Waals surface area contributed by atoms with Gasteiger partial charge in [-0.05, 0) is 35.9 Å². The summed E-state index contributed by atoms with van der Waals surface area (Å²) in [4.78, 5) is 12.2. The van der Waals surface area contributed by atoms with Crippen LogP contribution in [-0.4, -0.2) is 26.4 Å². The summed E-state index contributed by atoms with van der Waals surface area (Å²) in [6.07, 6.45) is 1.77. The number of rotatable bonds is 10. The first kappa shape index (κ1) is 22.4. The molecule has 0 unspecified atom stereocenters. The number of halogens is 2. The monoisotopic (exact) mass is 462 g/mol. The van der Waals surface area contributed by atoms with E-state index in [0.29, 0.717) is 28.2 Å². The van der Waals surface area contributed by atoms with Gasteiger partial charge in [-0.25, -0.2) is 4.39 Å². The number of hydrogen-bond donors (Lipinski definition) is 1. The Morgan fingerprint density at radius 2 is 2.00 bits per heavy atom. The molecule has 156 valence electrons. The molecule has 2 aromatic carbocycles. The smallest absolute Gasteiger partial charge is 0.234 e. The van der Waals surface area contributed by atoms with Gasteiger partial charge in [-0.2, -0.15) is 0 Å². The van der Waals surface area contributed by atoms with Crippen LogP contribution in [0.3, 0.4) is 0 Å². The maximum atomic E-state index is 13.0. The summed E-state index contributed by atoms with van der Waals surface area (Å²) < 4.78 is 15.0. The van der Waals surface area contributed by atoms with Gasteiger partial charge in [0.15, 0.2) is 5.16 Å². The molecule has 0 aliphatic carbocycles. The fourth-order valence-corrected chi connectivity index (χ4v) is 4.46. The fourth-order valence-electron chi connectivity index (χ4n) is 2.58. The first-order valence-corrected chi connectivity index (χ1v) is 11.6. The van der Waals surface area contributed by atoms with Crippen molar-refractivity contribution in [2.45, 2.75) is 23.2 Å². The number of nitrogens with one attached hydrogen (secondary N) is 1. The lowest BCUT2D eigenvalue weighted by atomic mass is 10.2. The molecule has 0 radical (unpaired) electrons. The predicted octanol–water partition coefficient (Wildman–Crippen LogP) is 5.42. The Balaban J connectivity index is 1.55.